The predicted molar refractivity (Wildman–Crippen MR) is 69.2 cm³/mol. The molecule has 9 heteroatoms. The fraction of sp³-hybridized carbons (Fsp3) is 0.273. The third-order valence-corrected chi connectivity index (χ3v) is 4.42. The fourth-order valence-electron chi connectivity index (χ4n) is 1.96. The number of nitrogens with zero attached hydrogens (tertiary/aromatic N) is 1. The van der Waals surface area contributed by atoms with Crippen LogP contribution in [0, 0.1) is 0 Å². The van der Waals surface area contributed by atoms with Gasteiger partial charge in [0, 0.05) is 18.7 Å². The van der Waals surface area contributed by atoms with Crippen LogP contribution in [0.5, 0.6) is 0 Å². The first-order valence-electron chi connectivity index (χ1n) is 5.47. The van der Waals surface area contributed by atoms with Crippen LogP contribution >= 0.6 is 11.6 Å². The topological polar surface area (TPSA) is 91.8 Å². The Balaban J connectivity index is 2.36. The Labute approximate surface area is 119 Å². The van der Waals surface area contributed by atoms with Crippen LogP contribution in [0.15, 0.2) is 18.2 Å². The molecule has 0 aliphatic carbocycles. The van der Waals surface area contributed by atoms with Gasteiger partial charge in [0.05, 0.1) is 10.6 Å². The van der Waals surface area contributed by atoms with E-state index in [0.717, 1.165) is 11.0 Å². The van der Waals surface area contributed by atoms with E-state index in [1.165, 1.54) is 12.1 Å². The first-order chi connectivity index (χ1) is 9.20. The highest BCUT2D eigenvalue weighted by molar-refractivity contribution is 7.87. The number of carboxylic acid groups (broad SMARTS) is 1. The molecule has 1 heterocycles. The number of carbonyl (C=O) groups excluding carboxylic acids is 1. The molecule has 1 fully saturated rings. The summed E-state index contributed by atoms with van der Waals surface area (Å²) >= 11 is 5.70. The SMILES string of the molecule is O=C(O)c1cc(N2CC(S(=O)(=O)F)CC2=O)ccc1Cl. The minimum Gasteiger partial charge on any atom is -0.478 e. The van der Waals surface area contributed by atoms with Gasteiger partial charge in [-0.05, 0) is 18.2 Å². The van der Waals surface area contributed by atoms with E-state index in [-0.39, 0.29) is 22.8 Å². The van der Waals surface area contributed by atoms with Crippen molar-refractivity contribution in [3.8, 4) is 0 Å². The number of carboxylic acids is 1. The molecule has 0 radical (unpaired) electrons. The molecule has 2 rings (SSSR count). The van der Waals surface area contributed by atoms with Crippen LogP contribution in [0.3, 0.4) is 0 Å². The maximum atomic E-state index is 12.9. The lowest BCUT2D eigenvalue weighted by atomic mass is 10.2. The van der Waals surface area contributed by atoms with E-state index in [4.69, 9.17) is 16.7 Å². The molecule has 6 nitrogen and oxygen atoms in total. The summed E-state index contributed by atoms with van der Waals surface area (Å²) in [4.78, 5) is 23.7. The molecule has 0 bridgehead atoms. The zero-order chi connectivity index (χ0) is 15.1. The summed E-state index contributed by atoms with van der Waals surface area (Å²) in [5.41, 5.74) is -0.0496. The van der Waals surface area contributed by atoms with E-state index < -0.39 is 33.8 Å². The van der Waals surface area contributed by atoms with Crippen LogP contribution in [-0.2, 0) is 15.0 Å². The van der Waals surface area contributed by atoms with E-state index in [9.17, 15) is 21.9 Å². The molecule has 20 heavy (non-hydrogen) atoms. The van der Waals surface area contributed by atoms with Gasteiger partial charge in [0.2, 0.25) is 5.91 Å². The van der Waals surface area contributed by atoms with Gasteiger partial charge >= 0.3 is 16.2 Å². The third kappa shape index (κ3) is 2.75. The summed E-state index contributed by atoms with van der Waals surface area (Å²) < 4.78 is 34.6. The summed E-state index contributed by atoms with van der Waals surface area (Å²) in [6, 6.07) is 3.81. The van der Waals surface area contributed by atoms with Gasteiger partial charge in [-0.1, -0.05) is 11.6 Å². The van der Waals surface area contributed by atoms with Gasteiger partial charge in [0.25, 0.3) is 0 Å². The molecule has 1 aromatic rings. The first kappa shape index (κ1) is 14.7. The van der Waals surface area contributed by atoms with Crippen molar-refractivity contribution in [2.45, 2.75) is 11.7 Å². The monoisotopic (exact) mass is 321 g/mol. The smallest absolute Gasteiger partial charge is 0.337 e. The summed E-state index contributed by atoms with van der Waals surface area (Å²) in [5.74, 6) is -1.87. The summed E-state index contributed by atoms with van der Waals surface area (Å²) in [5, 5.41) is 7.49. The summed E-state index contributed by atoms with van der Waals surface area (Å²) in [6.07, 6.45) is -0.468. The van der Waals surface area contributed by atoms with E-state index in [1.54, 1.807) is 0 Å². The Kier molecular flexibility index (Phi) is 3.70. The minimum atomic E-state index is -4.82. The number of anilines is 1. The second kappa shape index (κ2) is 5.02. The quantitative estimate of drug-likeness (QED) is 0.851. The average Bonchev–Trinajstić information content (AvgIpc) is 2.71. The van der Waals surface area contributed by atoms with Crippen molar-refractivity contribution >= 4 is 39.4 Å². The van der Waals surface area contributed by atoms with Gasteiger partial charge in [0.15, 0.2) is 0 Å². The van der Waals surface area contributed by atoms with Crippen LogP contribution in [0.25, 0.3) is 0 Å². The second-order valence-electron chi connectivity index (χ2n) is 4.28. The molecule has 1 aliphatic rings. The Bertz CT molecular complexity index is 690. The van der Waals surface area contributed by atoms with Crippen LogP contribution in [0.4, 0.5) is 9.57 Å². The highest BCUT2D eigenvalue weighted by atomic mass is 35.5. The zero-order valence-electron chi connectivity index (χ0n) is 9.92. The van der Waals surface area contributed by atoms with Gasteiger partial charge in [-0.25, -0.2) is 4.79 Å². The molecule has 1 N–H and O–H groups in total. The molecule has 1 saturated heterocycles. The van der Waals surface area contributed by atoms with Crippen LogP contribution in [0.1, 0.15) is 16.8 Å². The number of hydrogen-bond acceptors (Lipinski definition) is 4. The predicted octanol–water partition coefficient (Wildman–Crippen LogP) is 1.44. The molecular weight excluding hydrogens is 313 g/mol. The maximum Gasteiger partial charge on any atom is 0.337 e. The number of hydrogen-bond donors (Lipinski definition) is 1. The molecule has 0 aromatic heterocycles. The normalized spacial score (nSPS) is 19.4. The second-order valence-corrected chi connectivity index (χ2v) is 6.30. The largest absolute Gasteiger partial charge is 0.478 e. The van der Waals surface area contributed by atoms with E-state index in [2.05, 4.69) is 0 Å². The van der Waals surface area contributed by atoms with Crippen molar-refractivity contribution in [1.29, 1.82) is 0 Å². The molecule has 1 aliphatic heterocycles. The van der Waals surface area contributed by atoms with Gasteiger partial charge in [-0.3, -0.25) is 4.79 Å². The summed E-state index contributed by atoms with van der Waals surface area (Å²) in [7, 11) is -4.82. The van der Waals surface area contributed by atoms with Crippen molar-refractivity contribution in [3.05, 3.63) is 28.8 Å². The van der Waals surface area contributed by atoms with Gasteiger partial charge < -0.3 is 10.0 Å². The van der Waals surface area contributed by atoms with E-state index >= 15 is 0 Å². The Morgan fingerprint density at radius 1 is 1.45 bits per heavy atom. The molecule has 1 atom stereocenters. The molecule has 0 saturated carbocycles. The van der Waals surface area contributed by atoms with Crippen molar-refractivity contribution in [3.63, 3.8) is 0 Å². The Morgan fingerprint density at radius 3 is 2.60 bits per heavy atom. The van der Waals surface area contributed by atoms with Crippen LogP contribution < -0.4 is 4.90 Å². The number of amides is 1. The van der Waals surface area contributed by atoms with Gasteiger partial charge in [0.1, 0.15) is 5.25 Å². The van der Waals surface area contributed by atoms with Crippen LogP contribution in [-0.4, -0.2) is 37.2 Å². The standard InChI is InChI=1S/C11H9ClFNO5S/c12-9-2-1-6(3-8(9)11(16)17)14-5-7(4-10(14)15)20(13,18)19/h1-3,7H,4-5H2,(H,16,17). The Hall–Kier alpha value is -1.67. The van der Waals surface area contributed by atoms with Crippen LogP contribution in [0.2, 0.25) is 5.02 Å². The average molecular weight is 322 g/mol. The molecule has 1 amide bonds. The number of halogens is 2. The van der Waals surface area contributed by atoms with Crippen molar-refractivity contribution < 1.29 is 27.0 Å². The molecule has 1 aromatic carbocycles. The molecule has 1 unspecified atom stereocenters. The lowest BCUT2D eigenvalue weighted by Gasteiger charge is -2.16. The molecular formula is C11H9ClFNO5S. The van der Waals surface area contributed by atoms with Crippen molar-refractivity contribution in [1.82, 2.24) is 0 Å². The number of carbonyl (C=O) groups is 2. The summed E-state index contributed by atoms with van der Waals surface area (Å²) in [6.45, 7) is -0.349. The lowest BCUT2D eigenvalue weighted by Crippen LogP contribution is -2.27. The van der Waals surface area contributed by atoms with E-state index in [0.29, 0.717) is 0 Å². The fourth-order valence-corrected chi connectivity index (χ4v) is 2.83. The van der Waals surface area contributed by atoms with Crippen molar-refractivity contribution in [2.24, 2.45) is 0 Å². The van der Waals surface area contributed by atoms with E-state index in [1.807, 2.05) is 0 Å². The first-order valence-corrected chi connectivity index (χ1v) is 7.29. The lowest BCUT2D eigenvalue weighted by molar-refractivity contribution is -0.117. The number of aromatic carboxylic acids is 1. The maximum absolute atomic E-state index is 12.9. The highest BCUT2D eigenvalue weighted by Crippen LogP contribution is 2.29. The minimum absolute atomic E-state index is 0.0115. The van der Waals surface area contributed by atoms with Crippen molar-refractivity contribution in [2.75, 3.05) is 11.4 Å². The highest BCUT2D eigenvalue weighted by Gasteiger charge is 2.39. The van der Waals surface area contributed by atoms with Gasteiger partial charge in [-0.2, -0.15) is 8.42 Å². The number of benzene rings is 1. The third-order valence-electron chi connectivity index (χ3n) is 2.98. The molecule has 0 spiro atoms. The Morgan fingerprint density at radius 2 is 2.10 bits per heavy atom. The number of rotatable bonds is 3. The molecule has 108 valence electrons. The van der Waals surface area contributed by atoms with Gasteiger partial charge in [-0.15, -0.1) is 3.89 Å². The zero-order valence-corrected chi connectivity index (χ0v) is 11.5.